The molecule has 136 valence electrons. The molecule has 1 aromatic rings. The summed E-state index contributed by atoms with van der Waals surface area (Å²) < 4.78 is 5.85. The third-order valence-electron chi connectivity index (χ3n) is 3.32. The van der Waals surface area contributed by atoms with Crippen molar-refractivity contribution in [3.63, 3.8) is 0 Å². The maximum Gasteiger partial charge on any atom is 0.191 e. The van der Waals surface area contributed by atoms with E-state index in [1.807, 2.05) is 36.0 Å². The lowest BCUT2D eigenvalue weighted by atomic mass is 10.2. The lowest BCUT2D eigenvalue weighted by Gasteiger charge is -2.23. The Labute approximate surface area is 167 Å². The highest BCUT2D eigenvalue weighted by Gasteiger charge is 2.16. The van der Waals surface area contributed by atoms with Crippen LogP contribution in [0.15, 0.2) is 41.9 Å². The standard InChI is InChI=1S/C18H29N3OS.HI/c1-6-12-22-16-11-9-8-10-15(16)13-20-17(19-7-2)21-14-18(3,4)23-5;/h6,8-11H,1,7,12-14H2,2-5H3,(H2,19,20,21);1H. The monoisotopic (exact) mass is 463 g/mol. The molecule has 1 rings (SSSR count). The van der Waals surface area contributed by atoms with Crippen LogP contribution in [0.3, 0.4) is 0 Å². The summed E-state index contributed by atoms with van der Waals surface area (Å²) in [6.07, 6.45) is 3.87. The van der Waals surface area contributed by atoms with Crippen LogP contribution in [0, 0.1) is 0 Å². The number of ether oxygens (including phenoxy) is 1. The summed E-state index contributed by atoms with van der Waals surface area (Å²) in [5.41, 5.74) is 1.07. The molecule has 0 unspecified atom stereocenters. The predicted molar refractivity (Wildman–Crippen MR) is 118 cm³/mol. The number of nitrogens with one attached hydrogen (secondary N) is 2. The molecule has 0 aliphatic heterocycles. The van der Waals surface area contributed by atoms with Gasteiger partial charge in [0.25, 0.3) is 0 Å². The molecule has 0 saturated carbocycles. The number of guanidine groups is 1. The van der Waals surface area contributed by atoms with E-state index in [-0.39, 0.29) is 28.7 Å². The average Bonchev–Trinajstić information content (AvgIpc) is 2.56. The molecule has 0 spiro atoms. The van der Waals surface area contributed by atoms with Gasteiger partial charge in [-0.1, -0.05) is 30.9 Å². The van der Waals surface area contributed by atoms with Gasteiger partial charge < -0.3 is 15.4 Å². The van der Waals surface area contributed by atoms with Crippen molar-refractivity contribution in [1.82, 2.24) is 10.6 Å². The Hall–Kier alpha value is -0.890. The van der Waals surface area contributed by atoms with Crippen LogP contribution in [0.4, 0.5) is 0 Å². The van der Waals surface area contributed by atoms with E-state index >= 15 is 0 Å². The van der Waals surface area contributed by atoms with Crippen LogP contribution in [0.5, 0.6) is 5.75 Å². The van der Waals surface area contributed by atoms with Crippen molar-refractivity contribution in [2.75, 3.05) is 26.0 Å². The molecule has 4 nitrogen and oxygen atoms in total. The molecule has 2 N–H and O–H groups in total. The number of para-hydroxylation sites is 1. The number of nitrogens with zero attached hydrogens (tertiary/aromatic N) is 1. The molecule has 0 aliphatic carbocycles. The number of halogens is 1. The lowest BCUT2D eigenvalue weighted by Crippen LogP contribution is -2.43. The summed E-state index contributed by atoms with van der Waals surface area (Å²) in [4.78, 5) is 4.67. The normalized spacial score (nSPS) is 11.4. The van der Waals surface area contributed by atoms with E-state index in [9.17, 15) is 0 Å². The highest BCUT2D eigenvalue weighted by molar-refractivity contribution is 14.0. The SMILES string of the molecule is C=CCOc1ccccc1CN=C(NCC)NCC(C)(C)SC.I. The fourth-order valence-corrected chi connectivity index (χ4v) is 2.02. The first-order valence-electron chi connectivity index (χ1n) is 7.91. The van der Waals surface area contributed by atoms with Crippen molar-refractivity contribution >= 4 is 41.7 Å². The van der Waals surface area contributed by atoms with Gasteiger partial charge in [0, 0.05) is 23.4 Å². The first-order chi connectivity index (χ1) is 11.0. The third kappa shape index (κ3) is 8.82. The zero-order valence-corrected chi connectivity index (χ0v) is 18.2. The summed E-state index contributed by atoms with van der Waals surface area (Å²) in [7, 11) is 0. The lowest BCUT2D eigenvalue weighted by molar-refractivity contribution is 0.359. The fraction of sp³-hybridized carbons (Fsp3) is 0.500. The smallest absolute Gasteiger partial charge is 0.191 e. The summed E-state index contributed by atoms with van der Waals surface area (Å²) in [6.45, 7) is 12.9. The highest BCUT2D eigenvalue weighted by Crippen LogP contribution is 2.20. The van der Waals surface area contributed by atoms with E-state index < -0.39 is 0 Å². The molecule has 0 radical (unpaired) electrons. The van der Waals surface area contributed by atoms with Gasteiger partial charge in [-0.05, 0) is 33.1 Å². The first kappa shape index (κ1) is 23.1. The molecule has 0 atom stereocenters. The van der Waals surface area contributed by atoms with Crippen LogP contribution in [0.25, 0.3) is 0 Å². The Morgan fingerprint density at radius 1 is 1.33 bits per heavy atom. The maximum atomic E-state index is 5.68. The molecule has 0 heterocycles. The zero-order chi connectivity index (χ0) is 17.1. The third-order valence-corrected chi connectivity index (χ3v) is 4.56. The van der Waals surface area contributed by atoms with Gasteiger partial charge in [-0.25, -0.2) is 4.99 Å². The Balaban J connectivity index is 0.00000529. The van der Waals surface area contributed by atoms with Crippen molar-refractivity contribution in [3.05, 3.63) is 42.5 Å². The zero-order valence-electron chi connectivity index (χ0n) is 15.1. The molecule has 0 fully saturated rings. The number of hydrogen-bond donors (Lipinski definition) is 2. The van der Waals surface area contributed by atoms with Crippen LogP contribution in [0.2, 0.25) is 0 Å². The van der Waals surface area contributed by atoms with Crippen LogP contribution in [-0.2, 0) is 6.54 Å². The fourth-order valence-electron chi connectivity index (χ4n) is 1.80. The van der Waals surface area contributed by atoms with Gasteiger partial charge in [-0.2, -0.15) is 11.8 Å². The second kappa shape index (κ2) is 12.5. The van der Waals surface area contributed by atoms with Crippen LogP contribution in [-0.4, -0.2) is 36.7 Å². The Bertz CT molecular complexity index is 521. The van der Waals surface area contributed by atoms with Gasteiger partial charge in [-0.3, -0.25) is 0 Å². The van der Waals surface area contributed by atoms with E-state index in [1.54, 1.807) is 6.08 Å². The van der Waals surface area contributed by atoms with Crippen molar-refractivity contribution < 1.29 is 4.74 Å². The molecule has 0 aromatic heterocycles. The number of aliphatic imine (C=N–C) groups is 1. The van der Waals surface area contributed by atoms with Gasteiger partial charge in [0.1, 0.15) is 12.4 Å². The Kier molecular flexibility index (Phi) is 12.0. The van der Waals surface area contributed by atoms with E-state index in [1.165, 1.54) is 0 Å². The number of hydrogen-bond acceptors (Lipinski definition) is 3. The molecule has 0 saturated heterocycles. The van der Waals surface area contributed by atoms with Gasteiger partial charge in [0.05, 0.1) is 6.54 Å². The molecular formula is C18H30IN3OS. The van der Waals surface area contributed by atoms with Crippen molar-refractivity contribution in [3.8, 4) is 5.75 Å². The second-order valence-corrected chi connectivity index (χ2v) is 7.23. The maximum absolute atomic E-state index is 5.68. The summed E-state index contributed by atoms with van der Waals surface area (Å²) >= 11 is 1.84. The van der Waals surface area contributed by atoms with Crippen molar-refractivity contribution in [2.24, 2.45) is 4.99 Å². The number of thioether (sulfide) groups is 1. The van der Waals surface area contributed by atoms with Gasteiger partial charge in [0.15, 0.2) is 5.96 Å². The van der Waals surface area contributed by atoms with E-state index in [4.69, 9.17) is 4.74 Å². The van der Waals surface area contributed by atoms with Gasteiger partial charge in [0.2, 0.25) is 0 Å². The Morgan fingerprint density at radius 2 is 2.04 bits per heavy atom. The van der Waals surface area contributed by atoms with Crippen molar-refractivity contribution in [2.45, 2.75) is 32.1 Å². The quantitative estimate of drug-likeness (QED) is 0.251. The summed E-state index contributed by atoms with van der Waals surface area (Å²) in [5, 5.41) is 6.69. The van der Waals surface area contributed by atoms with Gasteiger partial charge in [-0.15, -0.1) is 24.0 Å². The highest BCUT2D eigenvalue weighted by atomic mass is 127. The summed E-state index contributed by atoms with van der Waals surface area (Å²) in [6, 6.07) is 7.97. The van der Waals surface area contributed by atoms with Gasteiger partial charge >= 0.3 is 0 Å². The molecule has 1 aromatic carbocycles. The second-order valence-electron chi connectivity index (χ2n) is 5.72. The molecular weight excluding hydrogens is 433 g/mol. The largest absolute Gasteiger partial charge is 0.489 e. The number of rotatable bonds is 9. The minimum atomic E-state index is 0. The topological polar surface area (TPSA) is 45.6 Å². The van der Waals surface area contributed by atoms with Crippen molar-refractivity contribution in [1.29, 1.82) is 0 Å². The molecule has 0 amide bonds. The van der Waals surface area contributed by atoms with E-state index in [0.29, 0.717) is 13.2 Å². The Morgan fingerprint density at radius 3 is 2.67 bits per heavy atom. The number of benzene rings is 1. The minimum absolute atomic E-state index is 0. The predicted octanol–water partition coefficient (Wildman–Crippen LogP) is 4.07. The van der Waals surface area contributed by atoms with Crippen LogP contribution in [0.1, 0.15) is 26.3 Å². The van der Waals surface area contributed by atoms with Crippen LogP contribution < -0.4 is 15.4 Å². The van der Waals surface area contributed by atoms with Crippen LogP contribution >= 0.6 is 35.7 Å². The minimum Gasteiger partial charge on any atom is -0.489 e. The van der Waals surface area contributed by atoms with E-state index in [2.05, 4.69) is 49.2 Å². The summed E-state index contributed by atoms with van der Waals surface area (Å²) in [5.74, 6) is 1.68. The molecule has 0 aliphatic rings. The molecule has 0 bridgehead atoms. The molecule has 6 heteroatoms. The average molecular weight is 463 g/mol. The van der Waals surface area contributed by atoms with E-state index in [0.717, 1.165) is 30.4 Å². The first-order valence-corrected chi connectivity index (χ1v) is 9.13. The molecule has 24 heavy (non-hydrogen) atoms.